The first kappa shape index (κ1) is 35.9. The van der Waals surface area contributed by atoms with Crippen molar-refractivity contribution < 1.29 is 32.3 Å². The Labute approximate surface area is 303 Å². The summed E-state index contributed by atoms with van der Waals surface area (Å²) in [5, 5.41) is 17.1. The van der Waals surface area contributed by atoms with Crippen LogP contribution in [0.5, 0.6) is 5.75 Å². The molecule has 2 N–H and O–H groups in total. The Morgan fingerprint density at radius 3 is 2.47 bits per heavy atom. The summed E-state index contributed by atoms with van der Waals surface area (Å²) in [6, 6.07) is 4.01. The molecule has 1 spiro atoms. The van der Waals surface area contributed by atoms with Crippen LogP contribution in [-0.2, 0) is 22.9 Å². The number of hydrogen-bond donors (Lipinski definition) is 2. The summed E-state index contributed by atoms with van der Waals surface area (Å²) < 4.78 is 57.7. The van der Waals surface area contributed by atoms with Crippen LogP contribution in [0.1, 0.15) is 76.5 Å². The lowest BCUT2D eigenvalue weighted by Gasteiger charge is -2.39. The van der Waals surface area contributed by atoms with E-state index in [1.807, 2.05) is 6.92 Å². The molecule has 13 nitrogen and oxygen atoms in total. The zero-order chi connectivity index (χ0) is 38.1. The number of pyridine rings is 1. The van der Waals surface area contributed by atoms with E-state index in [0.29, 0.717) is 42.3 Å². The summed E-state index contributed by atoms with van der Waals surface area (Å²) in [5.41, 5.74) is -0.697. The van der Waals surface area contributed by atoms with Crippen molar-refractivity contribution in [2.45, 2.75) is 71.0 Å². The van der Waals surface area contributed by atoms with Gasteiger partial charge < -0.3 is 19.9 Å². The first-order chi connectivity index (χ1) is 25.0. The van der Waals surface area contributed by atoms with Crippen molar-refractivity contribution in [1.82, 2.24) is 39.0 Å². The Morgan fingerprint density at radius 1 is 1.08 bits per heavy atom. The summed E-state index contributed by atoms with van der Waals surface area (Å²) in [6.45, 7) is 6.61. The van der Waals surface area contributed by atoms with E-state index in [4.69, 9.17) is 11.6 Å². The van der Waals surface area contributed by atoms with Gasteiger partial charge in [-0.05, 0) is 70.2 Å². The average Bonchev–Trinajstić information content (AvgIpc) is 3.66. The maximum atomic E-state index is 15.4. The molecule has 1 fully saturated rings. The smallest absolute Gasteiger partial charge is 0.416 e. The van der Waals surface area contributed by atoms with Crippen molar-refractivity contribution in [3.63, 3.8) is 0 Å². The molecule has 0 saturated carbocycles. The Balaban J connectivity index is 1.31. The number of alkyl halides is 3. The quantitative estimate of drug-likeness (QED) is 0.221. The number of fused-ring (bicyclic) bond motifs is 3. The fraction of sp³-hybridized carbons (Fsp3) is 0.371. The number of halogens is 5. The highest BCUT2D eigenvalue weighted by Crippen LogP contribution is 2.50. The van der Waals surface area contributed by atoms with E-state index in [9.17, 15) is 32.7 Å². The second kappa shape index (κ2) is 12.9. The molecule has 1 aromatic carbocycles. The highest BCUT2D eigenvalue weighted by Gasteiger charge is 2.49. The standard InChI is InChI=1S/C35H32ClF4N9O4/c1-16-13-34(7-9-47(10-8-34)32(53)27-29(51)19(4)41-15-42-27)25-28(16)48(14-24(50)44-23-6-5-20(12-22(23)36)35(38,39)40)33-45-30(46-49(33)31(25)52)21-11-17(2)43-18(3)26(21)37/h5-6,11-12,15-16,51H,7-10,13-14H2,1-4H3,(H,44,50)/t16-/m0/s1. The number of rotatable bonds is 5. The van der Waals surface area contributed by atoms with Crippen LogP contribution in [0.3, 0.4) is 0 Å². The third kappa shape index (κ3) is 6.15. The van der Waals surface area contributed by atoms with Gasteiger partial charge in [0.25, 0.3) is 11.5 Å². The molecule has 1 atom stereocenters. The minimum absolute atomic E-state index is 0.00332. The first-order valence-corrected chi connectivity index (χ1v) is 17.0. The van der Waals surface area contributed by atoms with Crippen molar-refractivity contribution in [1.29, 1.82) is 0 Å². The predicted octanol–water partition coefficient (Wildman–Crippen LogP) is 5.51. The van der Waals surface area contributed by atoms with Crippen molar-refractivity contribution in [2.24, 2.45) is 0 Å². The fourth-order valence-corrected chi connectivity index (χ4v) is 7.83. The summed E-state index contributed by atoms with van der Waals surface area (Å²) in [4.78, 5) is 59.7. The van der Waals surface area contributed by atoms with Crippen molar-refractivity contribution >= 4 is 34.9 Å². The number of nitrogens with zero attached hydrogens (tertiary/aromatic N) is 8. The molecule has 18 heteroatoms. The monoisotopic (exact) mass is 753 g/mol. The number of anilines is 1. The topological polar surface area (TPSA) is 160 Å². The molecule has 53 heavy (non-hydrogen) atoms. The van der Waals surface area contributed by atoms with Crippen LogP contribution in [0, 0.1) is 26.6 Å². The molecule has 2 amide bonds. The minimum atomic E-state index is -4.64. The molecule has 4 aromatic heterocycles. The van der Waals surface area contributed by atoms with E-state index in [0.717, 1.165) is 16.6 Å². The normalized spacial score (nSPS) is 16.7. The number of amides is 2. The van der Waals surface area contributed by atoms with Crippen molar-refractivity contribution in [3.8, 4) is 17.1 Å². The van der Waals surface area contributed by atoms with Gasteiger partial charge in [-0.1, -0.05) is 18.5 Å². The summed E-state index contributed by atoms with van der Waals surface area (Å²) >= 11 is 6.13. The van der Waals surface area contributed by atoms with Crippen LogP contribution in [0.15, 0.2) is 35.4 Å². The molecule has 276 valence electrons. The lowest BCUT2D eigenvalue weighted by molar-refractivity contribution is -0.137. The molecule has 0 bridgehead atoms. The third-order valence-corrected chi connectivity index (χ3v) is 10.4. The number of aromatic hydroxyl groups is 1. The van der Waals surface area contributed by atoms with Gasteiger partial charge in [0, 0.05) is 35.5 Å². The van der Waals surface area contributed by atoms with E-state index >= 15 is 4.39 Å². The van der Waals surface area contributed by atoms with Crippen LogP contribution in [-0.4, -0.2) is 69.0 Å². The van der Waals surface area contributed by atoms with Gasteiger partial charge in [0.05, 0.1) is 33.2 Å². The van der Waals surface area contributed by atoms with E-state index < -0.39 is 46.9 Å². The van der Waals surface area contributed by atoms with Gasteiger partial charge in [-0.2, -0.15) is 22.7 Å². The molecule has 0 radical (unpaired) electrons. The Bertz CT molecular complexity index is 2400. The Morgan fingerprint density at radius 2 is 1.79 bits per heavy atom. The molecular weight excluding hydrogens is 722 g/mol. The van der Waals surface area contributed by atoms with Gasteiger partial charge >= 0.3 is 6.18 Å². The van der Waals surface area contributed by atoms with Crippen LogP contribution >= 0.6 is 11.6 Å². The van der Waals surface area contributed by atoms with Gasteiger partial charge in [0.2, 0.25) is 11.7 Å². The SMILES string of the molecule is Cc1cc(-c2nc3n(CC(=O)Nc4ccc(C(F)(F)F)cc4Cl)c4c(c(=O)n3n2)C2(CCN(C(=O)c3ncnc(C)c3O)CC2)C[C@@H]4C)c(F)c(C)n1. The number of likely N-dealkylation sites (tertiary alicyclic amines) is 1. The number of nitrogens with one attached hydrogen (secondary N) is 1. The molecule has 1 aliphatic heterocycles. The fourth-order valence-electron chi connectivity index (χ4n) is 7.61. The maximum absolute atomic E-state index is 15.4. The predicted molar refractivity (Wildman–Crippen MR) is 183 cm³/mol. The number of carbonyl (C=O) groups excluding carboxylic acids is 2. The average molecular weight is 754 g/mol. The van der Waals surface area contributed by atoms with Gasteiger partial charge in [-0.3, -0.25) is 19.4 Å². The molecule has 7 rings (SSSR count). The third-order valence-electron chi connectivity index (χ3n) is 10.1. The highest BCUT2D eigenvalue weighted by atomic mass is 35.5. The van der Waals surface area contributed by atoms with E-state index in [2.05, 4.69) is 30.4 Å². The lowest BCUT2D eigenvalue weighted by atomic mass is 9.73. The molecule has 2 aliphatic rings. The number of piperidine rings is 1. The van der Waals surface area contributed by atoms with Crippen molar-refractivity contribution in [2.75, 3.05) is 18.4 Å². The lowest BCUT2D eigenvalue weighted by Crippen LogP contribution is -2.46. The van der Waals surface area contributed by atoms with Crippen LogP contribution in [0.4, 0.5) is 23.2 Å². The van der Waals surface area contributed by atoms with Crippen LogP contribution < -0.4 is 10.9 Å². The number of carbonyl (C=O) groups is 2. The second-order valence-corrected chi connectivity index (χ2v) is 14.0. The van der Waals surface area contributed by atoms with Gasteiger partial charge in [-0.25, -0.2) is 14.4 Å². The van der Waals surface area contributed by atoms with E-state index in [1.165, 1.54) is 23.9 Å². The van der Waals surface area contributed by atoms with Gasteiger partial charge in [-0.15, -0.1) is 5.10 Å². The summed E-state index contributed by atoms with van der Waals surface area (Å²) in [6.07, 6.45) is -2.24. The highest BCUT2D eigenvalue weighted by molar-refractivity contribution is 6.33. The second-order valence-electron chi connectivity index (χ2n) is 13.6. The summed E-state index contributed by atoms with van der Waals surface area (Å²) in [7, 11) is 0. The van der Waals surface area contributed by atoms with Gasteiger partial charge in [0.15, 0.2) is 23.1 Å². The zero-order valence-corrected chi connectivity index (χ0v) is 29.6. The van der Waals surface area contributed by atoms with Crippen LogP contribution in [0.2, 0.25) is 5.02 Å². The van der Waals surface area contributed by atoms with E-state index in [1.54, 1.807) is 18.7 Å². The number of hydrogen-bond acceptors (Lipinski definition) is 9. The van der Waals surface area contributed by atoms with Gasteiger partial charge in [0.1, 0.15) is 12.9 Å². The van der Waals surface area contributed by atoms with Crippen molar-refractivity contribution in [3.05, 3.63) is 91.4 Å². The largest absolute Gasteiger partial charge is 0.504 e. The molecule has 1 aliphatic carbocycles. The zero-order valence-electron chi connectivity index (χ0n) is 28.8. The number of benzene rings is 1. The Hall–Kier alpha value is -5.45. The van der Waals surface area contributed by atoms with E-state index in [-0.39, 0.29) is 69.7 Å². The first-order valence-electron chi connectivity index (χ1n) is 16.6. The molecule has 0 unspecified atom stereocenters. The molecular formula is C35H32ClF4N9O4. The number of aryl methyl sites for hydroxylation is 3. The van der Waals surface area contributed by atoms with Crippen LogP contribution in [0.25, 0.3) is 17.2 Å². The maximum Gasteiger partial charge on any atom is 0.416 e. The minimum Gasteiger partial charge on any atom is -0.504 e. The summed E-state index contributed by atoms with van der Waals surface area (Å²) in [5.74, 6) is -2.61. The Kier molecular flexibility index (Phi) is 8.74. The molecule has 5 aromatic rings. The number of aromatic nitrogens is 7. The molecule has 5 heterocycles. The molecule has 1 saturated heterocycles.